The van der Waals surface area contributed by atoms with Crippen molar-refractivity contribution in [3.63, 3.8) is 0 Å². The first-order chi connectivity index (χ1) is 16.7. The second-order valence-corrected chi connectivity index (χ2v) is 7.54. The van der Waals surface area contributed by atoms with Crippen molar-refractivity contribution in [3.8, 4) is 17.1 Å². The molecular weight excluding hydrogens is 492 g/mol. The number of aromatic nitrogens is 5. The van der Waals surface area contributed by atoms with Gasteiger partial charge in [0.2, 0.25) is 11.1 Å². The molecule has 176 valence electrons. The first-order valence-corrected chi connectivity index (χ1v) is 10.2. The lowest BCUT2D eigenvalue weighted by Gasteiger charge is -2.14. The van der Waals surface area contributed by atoms with Crippen molar-refractivity contribution in [2.45, 2.75) is 6.18 Å². The number of alkyl halides is 3. The van der Waals surface area contributed by atoms with Gasteiger partial charge < -0.3 is 9.73 Å². The van der Waals surface area contributed by atoms with Crippen molar-refractivity contribution in [1.82, 2.24) is 24.7 Å². The van der Waals surface area contributed by atoms with Gasteiger partial charge >= 0.3 is 6.18 Å². The molecule has 0 spiro atoms. The van der Waals surface area contributed by atoms with Gasteiger partial charge in [0.25, 0.3) is 5.91 Å². The molecule has 0 unspecified atom stereocenters. The maximum atomic E-state index is 14.1. The molecule has 13 heteroatoms. The fraction of sp³-hybridized carbons (Fsp3) is 0.0455. The predicted octanol–water partition coefficient (Wildman–Crippen LogP) is 5.53. The third-order valence-electron chi connectivity index (χ3n) is 4.93. The zero-order chi connectivity index (χ0) is 24.7. The molecule has 0 atom stereocenters. The van der Waals surface area contributed by atoms with E-state index in [9.17, 15) is 22.4 Å². The molecule has 0 aliphatic rings. The highest BCUT2D eigenvalue weighted by Gasteiger charge is 2.41. The molecule has 0 saturated heterocycles. The summed E-state index contributed by atoms with van der Waals surface area (Å²) in [4.78, 5) is 24.6. The summed E-state index contributed by atoms with van der Waals surface area (Å²) in [5.41, 5.74) is -1.89. The topological polar surface area (TPSA) is 98.7 Å². The molecule has 1 amide bonds. The number of nitrogens with zero attached hydrogens (tertiary/aromatic N) is 5. The molecule has 35 heavy (non-hydrogen) atoms. The van der Waals surface area contributed by atoms with Gasteiger partial charge in [-0.15, -0.1) is 0 Å². The van der Waals surface area contributed by atoms with Gasteiger partial charge in [-0.1, -0.05) is 0 Å². The van der Waals surface area contributed by atoms with Crippen LogP contribution < -0.4 is 5.32 Å². The Morgan fingerprint density at radius 3 is 2.66 bits per heavy atom. The van der Waals surface area contributed by atoms with Gasteiger partial charge in [0, 0.05) is 17.8 Å². The van der Waals surface area contributed by atoms with E-state index in [2.05, 4.69) is 25.4 Å². The Labute approximate surface area is 198 Å². The molecule has 4 heterocycles. The molecule has 1 N–H and O–H groups in total. The molecule has 0 saturated carbocycles. The van der Waals surface area contributed by atoms with Crippen molar-refractivity contribution >= 4 is 34.1 Å². The van der Waals surface area contributed by atoms with Crippen molar-refractivity contribution in [3.05, 3.63) is 83.6 Å². The summed E-state index contributed by atoms with van der Waals surface area (Å²) in [7, 11) is 0. The number of amides is 1. The Kier molecular flexibility index (Phi) is 5.44. The van der Waals surface area contributed by atoms with Crippen LogP contribution in [0.1, 0.15) is 16.1 Å². The highest BCUT2D eigenvalue weighted by molar-refractivity contribution is 6.28. The van der Waals surface area contributed by atoms with Crippen LogP contribution in [0.25, 0.3) is 28.0 Å². The Balaban J connectivity index is 1.55. The Morgan fingerprint density at radius 2 is 1.91 bits per heavy atom. The van der Waals surface area contributed by atoms with Gasteiger partial charge in [-0.25, -0.2) is 14.1 Å². The Bertz CT molecular complexity index is 1580. The van der Waals surface area contributed by atoms with Crippen molar-refractivity contribution in [2.75, 3.05) is 5.32 Å². The van der Waals surface area contributed by atoms with Crippen LogP contribution in [0, 0.1) is 5.82 Å². The number of rotatable bonds is 4. The van der Waals surface area contributed by atoms with Crippen molar-refractivity contribution < 1.29 is 26.8 Å². The molecule has 0 radical (unpaired) electrons. The first kappa shape index (κ1) is 22.5. The van der Waals surface area contributed by atoms with Crippen LogP contribution in [0.3, 0.4) is 0 Å². The van der Waals surface area contributed by atoms with Crippen LogP contribution in [0.2, 0.25) is 5.22 Å². The minimum absolute atomic E-state index is 0.0280. The predicted molar refractivity (Wildman–Crippen MR) is 117 cm³/mol. The number of fused-ring (bicyclic) bond motifs is 1. The van der Waals surface area contributed by atoms with E-state index in [1.54, 1.807) is 0 Å². The standard InChI is InChI=1S/C22H11ClF4N6O2/c23-17-10-30-21(35-17)11-6-12(8-28-7-11)32-20(34)14-9-31-33(19(14)22(25,26)27)16-4-3-15(24)18-13(16)2-1-5-29-18/h1-10H,(H,32,34). The third kappa shape index (κ3) is 4.19. The van der Waals surface area contributed by atoms with E-state index in [1.165, 1.54) is 43.0 Å². The molecule has 0 aliphatic heterocycles. The fourth-order valence-corrected chi connectivity index (χ4v) is 3.61. The molecule has 1 aromatic carbocycles. The van der Waals surface area contributed by atoms with E-state index in [-0.39, 0.29) is 33.4 Å². The van der Waals surface area contributed by atoms with Gasteiger partial charge in [0.05, 0.1) is 41.1 Å². The van der Waals surface area contributed by atoms with E-state index in [0.29, 0.717) is 10.2 Å². The number of carbonyl (C=O) groups excluding carboxylic acids is 1. The quantitative estimate of drug-likeness (QED) is 0.324. The molecule has 0 fully saturated rings. The van der Waals surface area contributed by atoms with Crippen LogP contribution in [0.5, 0.6) is 0 Å². The normalized spacial score (nSPS) is 11.7. The number of nitrogens with one attached hydrogen (secondary N) is 1. The Hall–Kier alpha value is -4.32. The number of benzene rings is 1. The molecule has 5 aromatic rings. The molecule has 4 aromatic heterocycles. The number of halogens is 5. The monoisotopic (exact) mass is 502 g/mol. The summed E-state index contributed by atoms with van der Waals surface area (Å²) in [5.74, 6) is -1.68. The second-order valence-electron chi connectivity index (χ2n) is 7.17. The lowest BCUT2D eigenvalue weighted by atomic mass is 10.1. The zero-order valence-electron chi connectivity index (χ0n) is 17.2. The minimum Gasteiger partial charge on any atom is -0.425 e. The van der Waals surface area contributed by atoms with Crippen LogP contribution >= 0.6 is 11.6 Å². The number of pyridine rings is 2. The van der Waals surface area contributed by atoms with Crippen LogP contribution in [0.15, 0.2) is 65.7 Å². The maximum absolute atomic E-state index is 14.1. The Morgan fingerprint density at radius 1 is 1.09 bits per heavy atom. The molecule has 8 nitrogen and oxygen atoms in total. The highest BCUT2D eigenvalue weighted by atomic mass is 35.5. The first-order valence-electron chi connectivity index (χ1n) is 9.79. The van der Waals surface area contributed by atoms with E-state index in [0.717, 1.165) is 18.3 Å². The van der Waals surface area contributed by atoms with Crippen LogP contribution in [-0.4, -0.2) is 30.6 Å². The van der Waals surface area contributed by atoms with Crippen LogP contribution in [-0.2, 0) is 6.18 Å². The summed E-state index contributed by atoms with van der Waals surface area (Å²) < 4.78 is 62.2. The summed E-state index contributed by atoms with van der Waals surface area (Å²) >= 11 is 5.71. The van der Waals surface area contributed by atoms with Crippen molar-refractivity contribution in [1.29, 1.82) is 0 Å². The third-order valence-corrected chi connectivity index (χ3v) is 5.10. The average molecular weight is 503 g/mol. The molecular formula is C22H11ClF4N6O2. The number of hydrogen-bond acceptors (Lipinski definition) is 6. The lowest BCUT2D eigenvalue weighted by Crippen LogP contribution is -2.21. The average Bonchev–Trinajstić information content (AvgIpc) is 3.47. The summed E-state index contributed by atoms with van der Waals surface area (Å²) in [6.07, 6.45) is 1.01. The van der Waals surface area contributed by atoms with E-state index in [1.807, 2.05) is 0 Å². The van der Waals surface area contributed by atoms with Crippen molar-refractivity contribution in [2.24, 2.45) is 0 Å². The molecule has 0 bridgehead atoms. The smallest absolute Gasteiger partial charge is 0.425 e. The number of hydrogen-bond donors (Lipinski definition) is 1. The maximum Gasteiger partial charge on any atom is 0.434 e. The van der Waals surface area contributed by atoms with Gasteiger partial charge in [0.1, 0.15) is 11.3 Å². The van der Waals surface area contributed by atoms with Crippen LogP contribution in [0.4, 0.5) is 23.2 Å². The SMILES string of the molecule is O=C(Nc1cncc(-c2ncc(Cl)o2)c1)c1cnn(-c2ccc(F)c3ncccc23)c1C(F)(F)F. The van der Waals surface area contributed by atoms with Gasteiger partial charge in [-0.2, -0.15) is 18.3 Å². The highest BCUT2D eigenvalue weighted by Crippen LogP contribution is 2.36. The molecule has 5 rings (SSSR count). The lowest BCUT2D eigenvalue weighted by molar-refractivity contribution is -0.143. The minimum atomic E-state index is -4.97. The number of carbonyl (C=O) groups is 1. The van der Waals surface area contributed by atoms with E-state index in [4.69, 9.17) is 16.0 Å². The molecule has 0 aliphatic carbocycles. The van der Waals surface area contributed by atoms with E-state index < -0.39 is 29.2 Å². The van der Waals surface area contributed by atoms with Gasteiger partial charge in [-0.3, -0.25) is 14.8 Å². The van der Waals surface area contributed by atoms with E-state index >= 15 is 0 Å². The number of oxazole rings is 1. The largest absolute Gasteiger partial charge is 0.434 e. The zero-order valence-corrected chi connectivity index (χ0v) is 18.0. The second kappa shape index (κ2) is 8.47. The van der Waals surface area contributed by atoms with Gasteiger partial charge in [-0.05, 0) is 41.9 Å². The van der Waals surface area contributed by atoms with Gasteiger partial charge in [0.15, 0.2) is 5.69 Å². The summed E-state index contributed by atoms with van der Waals surface area (Å²) in [6, 6.07) is 6.39. The summed E-state index contributed by atoms with van der Waals surface area (Å²) in [5, 5.41) is 6.28. The fourth-order valence-electron chi connectivity index (χ4n) is 3.49. The summed E-state index contributed by atoms with van der Waals surface area (Å²) in [6.45, 7) is 0. The number of anilines is 1.